The van der Waals surface area contributed by atoms with E-state index in [1.54, 1.807) is 18.5 Å². The smallest absolute Gasteiger partial charge is 0.337 e. The summed E-state index contributed by atoms with van der Waals surface area (Å²) in [7, 11) is 1.38. The van der Waals surface area contributed by atoms with Gasteiger partial charge in [0.05, 0.1) is 18.1 Å². The highest BCUT2D eigenvalue weighted by atomic mass is 16.5. The number of ether oxygens (including phenoxy) is 1. The second kappa shape index (κ2) is 7.29. The minimum atomic E-state index is -0.350. The molecule has 0 radical (unpaired) electrons. The number of nitrogens with one attached hydrogen (secondary N) is 2. The molecule has 3 aromatic rings. The lowest BCUT2D eigenvalue weighted by molar-refractivity contribution is 0.0601. The fraction of sp³-hybridized carbons (Fsp3) is 0.421. The number of anilines is 1. The maximum atomic E-state index is 11.7. The molecule has 0 unspecified atom stereocenters. The third kappa shape index (κ3) is 3.22. The molecule has 2 N–H and O–H groups in total. The topological polar surface area (TPSA) is 83.1 Å². The van der Waals surface area contributed by atoms with Crippen molar-refractivity contribution in [2.45, 2.75) is 19.3 Å². The van der Waals surface area contributed by atoms with Crippen LogP contribution in [0.4, 0.5) is 5.82 Å². The maximum Gasteiger partial charge on any atom is 0.337 e. The standard InChI is InChI=1S/C19H23N5O2/c1-26-19(25)13-5-6-14-15(11-13)23-18-16(14)17(21-12-22-18)20-7-10-24-8-3-2-4-9-24/h5-6,11-12H,2-4,7-10H2,1H3,(H2,20,21,22,23). The Morgan fingerprint density at radius 1 is 1.27 bits per heavy atom. The van der Waals surface area contributed by atoms with Gasteiger partial charge in [0, 0.05) is 24.0 Å². The number of hydrogen-bond acceptors (Lipinski definition) is 6. The van der Waals surface area contributed by atoms with Gasteiger partial charge in [-0.25, -0.2) is 14.8 Å². The number of hydrogen-bond donors (Lipinski definition) is 2. The summed E-state index contributed by atoms with van der Waals surface area (Å²) in [5.74, 6) is 0.473. The summed E-state index contributed by atoms with van der Waals surface area (Å²) in [5.41, 5.74) is 2.12. The summed E-state index contributed by atoms with van der Waals surface area (Å²) in [6.45, 7) is 4.23. The zero-order valence-corrected chi connectivity index (χ0v) is 14.9. The average molecular weight is 353 g/mol. The highest BCUT2D eigenvalue weighted by molar-refractivity contribution is 6.12. The van der Waals surface area contributed by atoms with Crippen LogP contribution in [0.25, 0.3) is 21.9 Å². The van der Waals surface area contributed by atoms with Crippen LogP contribution in [0.5, 0.6) is 0 Å². The SMILES string of the molecule is COC(=O)c1ccc2c(c1)[nH]c1ncnc(NCCN3CCCCC3)c12. The number of benzene rings is 1. The molecule has 2 aromatic heterocycles. The molecule has 3 heterocycles. The third-order valence-corrected chi connectivity index (χ3v) is 4.98. The van der Waals surface area contributed by atoms with Crippen LogP contribution in [0.2, 0.25) is 0 Å². The van der Waals surface area contributed by atoms with Crippen molar-refractivity contribution in [1.82, 2.24) is 19.9 Å². The van der Waals surface area contributed by atoms with E-state index in [2.05, 4.69) is 25.2 Å². The number of likely N-dealkylation sites (tertiary alicyclic amines) is 1. The molecule has 0 bridgehead atoms. The fourth-order valence-electron chi connectivity index (χ4n) is 3.62. The number of aromatic amines is 1. The summed E-state index contributed by atoms with van der Waals surface area (Å²) in [4.78, 5) is 26.3. The summed E-state index contributed by atoms with van der Waals surface area (Å²) in [5, 5.41) is 5.41. The van der Waals surface area contributed by atoms with E-state index in [0.717, 1.165) is 40.8 Å². The molecule has 1 saturated heterocycles. The summed E-state index contributed by atoms with van der Waals surface area (Å²) >= 11 is 0. The van der Waals surface area contributed by atoms with E-state index in [1.807, 2.05) is 6.07 Å². The maximum absolute atomic E-state index is 11.7. The predicted octanol–water partition coefficient (Wildman–Crippen LogP) is 2.80. The van der Waals surface area contributed by atoms with Crippen LogP contribution in [0.1, 0.15) is 29.6 Å². The first-order valence-corrected chi connectivity index (χ1v) is 9.07. The van der Waals surface area contributed by atoms with Gasteiger partial charge in [-0.1, -0.05) is 12.5 Å². The number of H-pyrrole nitrogens is 1. The lowest BCUT2D eigenvalue weighted by Crippen LogP contribution is -2.33. The van der Waals surface area contributed by atoms with Crippen molar-refractivity contribution in [3.63, 3.8) is 0 Å². The van der Waals surface area contributed by atoms with Crippen LogP contribution in [-0.4, -0.2) is 59.1 Å². The van der Waals surface area contributed by atoms with E-state index in [-0.39, 0.29) is 5.97 Å². The Morgan fingerprint density at radius 3 is 2.92 bits per heavy atom. The van der Waals surface area contributed by atoms with Gasteiger partial charge < -0.3 is 19.9 Å². The number of esters is 1. The van der Waals surface area contributed by atoms with Crippen molar-refractivity contribution in [2.24, 2.45) is 0 Å². The molecule has 0 atom stereocenters. The quantitative estimate of drug-likeness (QED) is 0.686. The largest absolute Gasteiger partial charge is 0.465 e. The molecule has 7 nitrogen and oxygen atoms in total. The number of carbonyl (C=O) groups is 1. The van der Waals surface area contributed by atoms with Gasteiger partial charge >= 0.3 is 5.97 Å². The number of methoxy groups -OCH3 is 1. The third-order valence-electron chi connectivity index (χ3n) is 4.98. The average Bonchev–Trinajstić information content (AvgIpc) is 3.06. The Balaban J connectivity index is 1.59. The Morgan fingerprint density at radius 2 is 2.12 bits per heavy atom. The molecular weight excluding hydrogens is 330 g/mol. The zero-order valence-electron chi connectivity index (χ0n) is 14.9. The first-order chi connectivity index (χ1) is 12.8. The number of carbonyl (C=O) groups excluding carboxylic acids is 1. The predicted molar refractivity (Wildman–Crippen MR) is 102 cm³/mol. The molecular formula is C19H23N5O2. The highest BCUT2D eigenvalue weighted by Crippen LogP contribution is 2.29. The van der Waals surface area contributed by atoms with Gasteiger partial charge in [0.25, 0.3) is 0 Å². The summed E-state index contributed by atoms with van der Waals surface area (Å²) < 4.78 is 4.80. The normalized spacial score (nSPS) is 15.4. The number of fused-ring (bicyclic) bond motifs is 3. The van der Waals surface area contributed by atoms with E-state index in [9.17, 15) is 4.79 Å². The Bertz CT molecular complexity index is 930. The first-order valence-electron chi connectivity index (χ1n) is 9.07. The number of aromatic nitrogens is 3. The minimum absolute atomic E-state index is 0.350. The Kier molecular flexibility index (Phi) is 4.71. The second-order valence-electron chi connectivity index (χ2n) is 6.65. The van der Waals surface area contributed by atoms with E-state index in [0.29, 0.717) is 5.56 Å². The van der Waals surface area contributed by atoms with Gasteiger partial charge in [-0.05, 0) is 38.1 Å². The second-order valence-corrected chi connectivity index (χ2v) is 6.65. The number of rotatable bonds is 5. The van der Waals surface area contributed by atoms with Crippen LogP contribution in [0.3, 0.4) is 0 Å². The minimum Gasteiger partial charge on any atom is -0.465 e. The molecule has 136 valence electrons. The van der Waals surface area contributed by atoms with Crippen molar-refractivity contribution in [2.75, 3.05) is 38.6 Å². The number of piperidine rings is 1. The summed E-state index contributed by atoms with van der Waals surface area (Å²) in [6.07, 6.45) is 5.49. The van der Waals surface area contributed by atoms with Gasteiger partial charge in [0.2, 0.25) is 0 Å². The van der Waals surface area contributed by atoms with E-state index >= 15 is 0 Å². The summed E-state index contributed by atoms with van der Waals surface area (Å²) in [6, 6.07) is 5.48. The molecule has 4 rings (SSSR count). The molecule has 1 aliphatic heterocycles. The fourth-order valence-corrected chi connectivity index (χ4v) is 3.62. The lowest BCUT2D eigenvalue weighted by atomic mass is 10.1. The van der Waals surface area contributed by atoms with Crippen LogP contribution in [-0.2, 0) is 4.74 Å². The zero-order chi connectivity index (χ0) is 17.9. The van der Waals surface area contributed by atoms with Gasteiger partial charge in [0.15, 0.2) is 0 Å². The molecule has 0 spiro atoms. The Labute approximate surface area is 151 Å². The molecule has 1 aliphatic rings. The number of nitrogens with zero attached hydrogens (tertiary/aromatic N) is 3. The Hall–Kier alpha value is -2.67. The van der Waals surface area contributed by atoms with Crippen LogP contribution in [0.15, 0.2) is 24.5 Å². The first kappa shape index (κ1) is 16.8. The molecule has 1 fully saturated rings. The van der Waals surface area contributed by atoms with Gasteiger partial charge in [-0.15, -0.1) is 0 Å². The van der Waals surface area contributed by atoms with Crippen molar-refractivity contribution >= 4 is 33.7 Å². The van der Waals surface area contributed by atoms with Crippen molar-refractivity contribution < 1.29 is 9.53 Å². The molecule has 0 saturated carbocycles. The van der Waals surface area contributed by atoms with Crippen molar-refractivity contribution in [3.8, 4) is 0 Å². The van der Waals surface area contributed by atoms with Crippen LogP contribution in [0, 0.1) is 0 Å². The van der Waals surface area contributed by atoms with Gasteiger partial charge in [-0.3, -0.25) is 0 Å². The van der Waals surface area contributed by atoms with E-state index in [1.165, 1.54) is 39.5 Å². The molecule has 26 heavy (non-hydrogen) atoms. The highest BCUT2D eigenvalue weighted by Gasteiger charge is 2.14. The van der Waals surface area contributed by atoms with Crippen LogP contribution >= 0.6 is 0 Å². The van der Waals surface area contributed by atoms with Crippen LogP contribution < -0.4 is 5.32 Å². The van der Waals surface area contributed by atoms with Crippen molar-refractivity contribution in [3.05, 3.63) is 30.1 Å². The molecule has 7 heteroatoms. The lowest BCUT2D eigenvalue weighted by Gasteiger charge is -2.26. The van der Waals surface area contributed by atoms with Gasteiger partial charge in [-0.2, -0.15) is 0 Å². The molecule has 0 amide bonds. The molecule has 0 aliphatic carbocycles. The monoisotopic (exact) mass is 353 g/mol. The van der Waals surface area contributed by atoms with Gasteiger partial charge in [0.1, 0.15) is 17.8 Å². The van der Waals surface area contributed by atoms with Crippen molar-refractivity contribution in [1.29, 1.82) is 0 Å². The van der Waals surface area contributed by atoms with E-state index < -0.39 is 0 Å². The van der Waals surface area contributed by atoms with E-state index in [4.69, 9.17) is 4.74 Å². The molecule has 1 aromatic carbocycles.